The van der Waals surface area contributed by atoms with Gasteiger partial charge in [-0.3, -0.25) is 9.78 Å². The summed E-state index contributed by atoms with van der Waals surface area (Å²) in [6.45, 7) is 1.32. The van der Waals surface area contributed by atoms with Crippen molar-refractivity contribution < 1.29 is 19.1 Å². The molecular weight excluding hydrogens is 258 g/mol. The lowest BCUT2D eigenvalue weighted by Crippen LogP contribution is -2.04. The standard InChI is InChI=1S/C15H13NO4/c1-10(17)20-11-7-8-14(16-9-11)12-5-3-4-6-13(12)15(18)19-2/h3-9H,1-2H3. The second kappa shape index (κ2) is 5.97. The Labute approximate surface area is 116 Å². The van der Waals surface area contributed by atoms with Crippen molar-refractivity contribution in [3.63, 3.8) is 0 Å². The molecule has 20 heavy (non-hydrogen) atoms. The topological polar surface area (TPSA) is 65.5 Å². The molecule has 0 aliphatic carbocycles. The summed E-state index contributed by atoms with van der Waals surface area (Å²) in [5.74, 6) is -0.474. The van der Waals surface area contributed by atoms with Gasteiger partial charge in [-0.15, -0.1) is 0 Å². The molecule has 1 aromatic heterocycles. The summed E-state index contributed by atoms with van der Waals surface area (Å²) in [5.41, 5.74) is 1.69. The molecule has 0 saturated heterocycles. The maximum absolute atomic E-state index is 11.7. The maximum atomic E-state index is 11.7. The molecule has 1 heterocycles. The molecule has 0 atom stereocenters. The molecule has 0 bridgehead atoms. The normalized spacial score (nSPS) is 9.90. The minimum atomic E-state index is -0.425. The van der Waals surface area contributed by atoms with Crippen LogP contribution in [0.4, 0.5) is 0 Å². The van der Waals surface area contributed by atoms with Gasteiger partial charge in [-0.25, -0.2) is 4.79 Å². The summed E-state index contributed by atoms with van der Waals surface area (Å²) >= 11 is 0. The van der Waals surface area contributed by atoms with Crippen molar-refractivity contribution in [3.05, 3.63) is 48.2 Å². The lowest BCUT2D eigenvalue weighted by atomic mass is 10.0. The van der Waals surface area contributed by atoms with Gasteiger partial charge >= 0.3 is 11.9 Å². The number of pyridine rings is 1. The molecule has 0 saturated carbocycles. The third kappa shape index (κ3) is 3.00. The minimum absolute atomic E-state index is 0.358. The molecule has 0 aliphatic heterocycles. The van der Waals surface area contributed by atoms with Crippen LogP contribution in [0.3, 0.4) is 0 Å². The van der Waals surface area contributed by atoms with Crippen LogP contribution >= 0.6 is 0 Å². The Kier molecular flexibility index (Phi) is 4.10. The predicted molar refractivity (Wildman–Crippen MR) is 72.3 cm³/mol. The zero-order valence-corrected chi connectivity index (χ0v) is 11.1. The summed E-state index contributed by atoms with van der Waals surface area (Å²) in [7, 11) is 1.33. The first kappa shape index (κ1) is 13.7. The third-order valence-electron chi connectivity index (χ3n) is 2.61. The Bertz CT molecular complexity index is 635. The maximum Gasteiger partial charge on any atom is 0.338 e. The fraction of sp³-hybridized carbons (Fsp3) is 0.133. The lowest BCUT2D eigenvalue weighted by molar-refractivity contribution is -0.131. The molecule has 5 nitrogen and oxygen atoms in total. The number of carbonyl (C=O) groups is 2. The van der Waals surface area contributed by atoms with E-state index in [9.17, 15) is 9.59 Å². The van der Waals surface area contributed by atoms with Crippen molar-refractivity contribution in [2.45, 2.75) is 6.92 Å². The number of carbonyl (C=O) groups excluding carboxylic acids is 2. The zero-order chi connectivity index (χ0) is 14.5. The smallest absolute Gasteiger partial charge is 0.338 e. The van der Waals surface area contributed by atoms with Crippen LogP contribution in [0.1, 0.15) is 17.3 Å². The minimum Gasteiger partial charge on any atom is -0.465 e. The van der Waals surface area contributed by atoms with Crippen molar-refractivity contribution in [1.29, 1.82) is 0 Å². The number of aromatic nitrogens is 1. The van der Waals surface area contributed by atoms with Crippen molar-refractivity contribution in [3.8, 4) is 17.0 Å². The first-order valence-corrected chi connectivity index (χ1v) is 5.94. The monoisotopic (exact) mass is 271 g/mol. The molecule has 0 spiro atoms. The van der Waals surface area contributed by atoms with Gasteiger partial charge in [0.25, 0.3) is 0 Å². The Morgan fingerprint density at radius 3 is 2.45 bits per heavy atom. The molecule has 0 radical (unpaired) electrons. The van der Waals surface area contributed by atoms with Crippen molar-refractivity contribution >= 4 is 11.9 Å². The zero-order valence-electron chi connectivity index (χ0n) is 11.1. The van der Waals surface area contributed by atoms with Crippen molar-refractivity contribution in [1.82, 2.24) is 4.98 Å². The van der Waals surface area contributed by atoms with Crippen LogP contribution in [0, 0.1) is 0 Å². The molecule has 1 aromatic carbocycles. The number of ether oxygens (including phenoxy) is 2. The Balaban J connectivity index is 2.37. The van der Waals surface area contributed by atoms with E-state index in [2.05, 4.69) is 4.98 Å². The SMILES string of the molecule is COC(=O)c1ccccc1-c1ccc(OC(C)=O)cn1. The molecule has 5 heteroatoms. The molecular formula is C15H13NO4. The Morgan fingerprint density at radius 1 is 1.10 bits per heavy atom. The molecule has 0 aliphatic rings. The quantitative estimate of drug-likeness (QED) is 0.802. The number of hydrogen-bond donors (Lipinski definition) is 0. The number of esters is 2. The van der Waals surface area contributed by atoms with Crippen LogP contribution in [0.15, 0.2) is 42.6 Å². The summed E-state index contributed by atoms with van der Waals surface area (Å²) < 4.78 is 9.65. The van der Waals surface area contributed by atoms with E-state index in [1.165, 1.54) is 20.2 Å². The second-order valence-electron chi connectivity index (χ2n) is 4.01. The lowest BCUT2D eigenvalue weighted by Gasteiger charge is -2.07. The van der Waals surface area contributed by atoms with Crippen LogP contribution in [-0.2, 0) is 9.53 Å². The first-order valence-electron chi connectivity index (χ1n) is 5.94. The summed E-state index contributed by atoms with van der Waals surface area (Å²) in [5, 5.41) is 0. The van der Waals surface area contributed by atoms with Gasteiger partial charge in [0.2, 0.25) is 0 Å². The van der Waals surface area contributed by atoms with Gasteiger partial charge in [0.15, 0.2) is 0 Å². The fourth-order valence-corrected chi connectivity index (χ4v) is 1.76. The molecule has 0 unspecified atom stereocenters. The molecule has 2 aromatic rings. The Hall–Kier alpha value is -2.69. The van der Waals surface area contributed by atoms with Crippen LogP contribution in [0.25, 0.3) is 11.3 Å². The van der Waals surface area contributed by atoms with Crippen molar-refractivity contribution in [2.75, 3.05) is 7.11 Å². The van der Waals surface area contributed by atoms with Gasteiger partial charge < -0.3 is 9.47 Å². The van der Waals surface area contributed by atoms with E-state index in [1.807, 2.05) is 6.07 Å². The first-order chi connectivity index (χ1) is 9.61. The average Bonchev–Trinajstić information content (AvgIpc) is 2.46. The highest BCUT2D eigenvalue weighted by Crippen LogP contribution is 2.24. The summed E-state index contributed by atoms with van der Waals surface area (Å²) in [6.07, 6.45) is 1.44. The highest BCUT2D eigenvalue weighted by molar-refractivity contribution is 5.96. The molecule has 2 rings (SSSR count). The van der Waals surface area contributed by atoms with Crippen LogP contribution in [0.5, 0.6) is 5.75 Å². The van der Waals surface area contributed by atoms with Crippen molar-refractivity contribution in [2.24, 2.45) is 0 Å². The van der Waals surface area contributed by atoms with Gasteiger partial charge in [-0.1, -0.05) is 18.2 Å². The number of nitrogens with zero attached hydrogens (tertiary/aromatic N) is 1. The van der Waals surface area contributed by atoms with E-state index in [4.69, 9.17) is 9.47 Å². The molecule has 102 valence electrons. The highest BCUT2D eigenvalue weighted by Gasteiger charge is 2.13. The number of rotatable bonds is 3. The molecule has 0 amide bonds. The summed E-state index contributed by atoms with van der Waals surface area (Å²) in [4.78, 5) is 26.7. The highest BCUT2D eigenvalue weighted by atomic mass is 16.5. The molecule has 0 N–H and O–H groups in total. The fourth-order valence-electron chi connectivity index (χ4n) is 1.76. The van der Waals surface area contributed by atoms with E-state index in [-0.39, 0.29) is 0 Å². The predicted octanol–water partition coefficient (Wildman–Crippen LogP) is 2.46. The molecule has 0 fully saturated rings. The van der Waals surface area contributed by atoms with E-state index in [0.29, 0.717) is 22.6 Å². The van der Waals surface area contributed by atoms with E-state index in [0.717, 1.165) is 0 Å². The number of methoxy groups -OCH3 is 1. The van der Waals surface area contributed by atoms with E-state index >= 15 is 0 Å². The number of benzene rings is 1. The summed E-state index contributed by atoms with van der Waals surface area (Å²) in [6, 6.07) is 10.3. The van der Waals surface area contributed by atoms with E-state index < -0.39 is 11.9 Å². The van der Waals surface area contributed by atoms with Crippen LogP contribution < -0.4 is 4.74 Å². The van der Waals surface area contributed by atoms with Gasteiger partial charge in [0.05, 0.1) is 24.6 Å². The Morgan fingerprint density at radius 2 is 1.85 bits per heavy atom. The largest absolute Gasteiger partial charge is 0.465 e. The van der Waals surface area contributed by atoms with Gasteiger partial charge in [0.1, 0.15) is 5.75 Å². The average molecular weight is 271 g/mol. The third-order valence-corrected chi connectivity index (χ3v) is 2.61. The number of hydrogen-bond acceptors (Lipinski definition) is 5. The van der Waals surface area contributed by atoms with Gasteiger partial charge in [-0.05, 0) is 18.2 Å². The van der Waals surface area contributed by atoms with Gasteiger partial charge in [0, 0.05) is 12.5 Å². The van der Waals surface area contributed by atoms with E-state index in [1.54, 1.807) is 30.3 Å². The van der Waals surface area contributed by atoms with Crippen LogP contribution in [0.2, 0.25) is 0 Å². The van der Waals surface area contributed by atoms with Gasteiger partial charge in [-0.2, -0.15) is 0 Å². The van der Waals surface area contributed by atoms with Crippen LogP contribution in [-0.4, -0.2) is 24.0 Å². The second-order valence-corrected chi connectivity index (χ2v) is 4.01.